The van der Waals surface area contributed by atoms with Gasteiger partial charge in [0.25, 0.3) is 5.91 Å². The average Bonchev–Trinajstić information content (AvgIpc) is 3.25. The van der Waals surface area contributed by atoms with E-state index in [1.807, 2.05) is 61.6 Å². The monoisotopic (exact) mass is 390 g/mol. The molecule has 1 saturated heterocycles. The quantitative estimate of drug-likeness (QED) is 0.661. The SMILES string of the molecule is CNC1CCN(c2ccc(NC(=O)c3ccc(Oc4ccccc4)nc3)cc2)C1.[HH]. The summed E-state index contributed by atoms with van der Waals surface area (Å²) in [6.45, 7) is 2.05. The van der Waals surface area contributed by atoms with E-state index in [1.54, 1.807) is 12.1 Å². The summed E-state index contributed by atoms with van der Waals surface area (Å²) in [6.07, 6.45) is 2.66. The van der Waals surface area contributed by atoms with Crippen molar-refractivity contribution in [2.45, 2.75) is 12.5 Å². The van der Waals surface area contributed by atoms with E-state index in [0.717, 1.165) is 25.2 Å². The maximum absolute atomic E-state index is 12.5. The molecular weight excluding hydrogens is 364 g/mol. The van der Waals surface area contributed by atoms with Gasteiger partial charge in [-0.1, -0.05) is 18.2 Å². The number of hydrogen-bond donors (Lipinski definition) is 2. The smallest absolute Gasteiger partial charge is 0.257 e. The number of hydrogen-bond acceptors (Lipinski definition) is 5. The Bertz CT molecular complexity index is 949. The maximum Gasteiger partial charge on any atom is 0.257 e. The van der Waals surface area contributed by atoms with Crippen LogP contribution in [0.3, 0.4) is 0 Å². The van der Waals surface area contributed by atoms with Crippen LogP contribution in [0.5, 0.6) is 11.6 Å². The minimum absolute atomic E-state index is 0. The molecule has 1 aliphatic heterocycles. The number of aromatic nitrogens is 1. The number of rotatable bonds is 6. The fraction of sp³-hybridized carbons (Fsp3) is 0.217. The predicted molar refractivity (Wildman–Crippen MR) is 117 cm³/mol. The molecule has 3 aromatic rings. The van der Waals surface area contributed by atoms with Crippen molar-refractivity contribution in [3.05, 3.63) is 78.5 Å². The fourth-order valence-electron chi connectivity index (χ4n) is 3.37. The molecule has 0 spiro atoms. The van der Waals surface area contributed by atoms with Gasteiger partial charge in [0, 0.05) is 44.2 Å². The number of carbonyl (C=O) groups is 1. The third-order valence-electron chi connectivity index (χ3n) is 5.05. The Balaban J connectivity index is 0.00000256. The molecule has 6 heteroatoms. The van der Waals surface area contributed by atoms with Crippen LogP contribution in [0.15, 0.2) is 72.9 Å². The van der Waals surface area contributed by atoms with Crippen molar-refractivity contribution < 1.29 is 11.0 Å². The van der Waals surface area contributed by atoms with Crippen molar-refractivity contribution in [2.24, 2.45) is 0 Å². The molecule has 1 aromatic heterocycles. The molecule has 1 fully saturated rings. The molecule has 1 atom stereocenters. The lowest BCUT2D eigenvalue weighted by atomic mass is 10.2. The van der Waals surface area contributed by atoms with Crippen molar-refractivity contribution in [3.8, 4) is 11.6 Å². The summed E-state index contributed by atoms with van der Waals surface area (Å²) in [5, 5.41) is 6.24. The van der Waals surface area contributed by atoms with Crippen LogP contribution in [0, 0.1) is 0 Å². The molecule has 150 valence electrons. The topological polar surface area (TPSA) is 66.5 Å². The largest absolute Gasteiger partial charge is 0.439 e. The van der Waals surface area contributed by atoms with E-state index in [4.69, 9.17) is 4.74 Å². The van der Waals surface area contributed by atoms with Crippen molar-refractivity contribution in [1.29, 1.82) is 0 Å². The van der Waals surface area contributed by atoms with Gasteiger partial charge < -0.3 is 20.3 Å². The molecule has 0 bridgehead atoms. The number of nitrogens with zero attached hydrogens (tertiary/aromatic N) is 2. The van der Waals surface area contributed by atoms with Crippen LogP contribution in [-0.2, 0) is 0 Å². The van der Waals surface area contributed by atoms with Crippen LogP contribution < -0.4 is 20.3 Å². The summed E-state index contributed by atoms with van der Waals surface area (Å²) in [4.78, 5) is 19.1. The Labute approximate surface area is 172 Å². The van der Waals surface area contributed by atoms with Crippen molar-refractivity contribution in [2.75, 3.05) is 30.4 Å². The number of para-hydroxylation sites is 1. The van der Waals surface area contributed by atoms with Gasteiger partial charge in [-0.15, -0.1) is 0 Å². The lowest BCUT2D eigenvalue weighted by molar-refractivity contribution is 0.102. The number of ether oxygens (including phenoxy) is 1. The molecule has 0 aliphatic carbocycles. The Morgan fingerprint density at radius 1 is 1.10 bits per heavy atom. The molecule has 1 amide bonds. The highest BCUT2D eigenvalue weighted by Crippen LogP contribution is 2.23. The maximum atomic E-state index is 12.5. The summed E-state index contributed by atoms with van der Waals surface area (Å²) in [6, 6.07) is 21.3. The van der Waals surface area contributed by atoms with Crippen molar-refractivity contribution in [1.82, 2.24) is 10.3 Å². The van der Waals surface area contributed by atoms with Gasteiger partial charge in [0.15, 0.2) is 0 Å². The number of carbonyl (C=O) groups excluding carboxylic acids is 1. The van der Waals surface area contributed by atoms with Gasteiger partial charge in [-0.2, -0.15) is 0 Å². The van der Waals surface area contributed by atoms with Gasteiger partial charge >= 0.3 is 0 Å². The fourth-order valence-corrected chi connectivity index (χ4v) is 3.37. The average molecular weight is 390 g/mol. The number of benzene rings is 2. The zero-order valence-corrected chi connectivity index (χ0v) is 16.3. The van der Waals surface area contributed by atoms with Gasteiger partial charge in [0.1, 0.15) is 5.75 Å². The number of anilines is 2. The second kappa shape index (κ2) is 8.75. The summed E-state index contributed by atoms with van der Waals surface area (Å²) in [7, 11) is 2.00. The van der Waals surface area contributed by atoms with Crippen LogP contribution in [0.2, 0.25) is 0 Å². The molecule has 29 heavy (non-hydrogen) atoms. The molecule has 4 rings (SSSR count). The number of likely N-dealkylation sites (N-methyl/N-ethyl adjacent to an activating group) is 1. The van der Waals surface area contributed by atoms with E-state index in [0.29, 0.717) is 23.2 Å². The zero-order valence-electron chi connectivity index (χ0n) is 16.3. The molecule has 1 aliphatic rings. The van der Waals surface area contributed by atoms with E-state index in [9.17, 15) is 4.79 Å². The molecule has 2 N–H and O–H groups in total. The van der Waals surface area contributed by atoms with E-state index in [2.05, 4.69) is 20.5 Å². The predicted octanol–water partition coefficient (Wildman–Crippen LogP) is 4.17. The Morgan fingerprint density at radius 3 is 2.55 bits per heavy atom. The number of nitrogens with one attached hydrogen (secondary N) is 2. The summed E-state index contributed by atoms with van der Waals surface area (Å²) >= 11 is 0. The van der Waals surface area contributed by atoms with Crippen LogP contribution >= 0.6 is 0 Å². The van der Waals surface area contributed by atoms with Gasteiger partial charge in [0.2, 0.25) is 5.88 Å². The molecular formula is C23H26N4O2. The van der Waals surface area contributed by atoms with Gasteiger partial charge in [0.05, 0.1) is 5.56 Å². The summed E-state index contributed by atoms with van der Waals surface area (Å²) in [5.41, 5.74) is 2.41. The first-order valence-corrected chi connectivity index (χ1v) is 9.74. The van der Waals surface area contributed by atoms with Gasteiger partial charge in [-0.05, 0) is 55.9 Å². The van der Waals surface area contributed by atoms with Gasteiger partial charge in [-0.25, -0.2) is 4.98 Å². The molecule has 2 aromatic carbocycles. The van der Waals surface area contributed by atoms with Crippen molar-refractivity contribution in [3.63, 3.8) is 0 Å². The number of amides is 1. The molecule has 2 heterocycles. The first kappa shape index (κ1) is 19.0. The number of pyridine rings is 1. The first-order valence-electron chi connectivity index (χ1n) is 9.74. The molecule has 0 radical (unpaired) electrons. The third kappa shape index (κ3) is 4.73. The Kier molecular flexibility index (Phi) is 5.72. The highest BCUT2D eigenvalue weighted by molar-refractivity contribution is 6.04. The van der Waals surface area contributed by atoms with E-state index in [-0.39, 0.29) is 7.33 Å². The van der Waals surface area contributed by atoms with Crippen molar-refractivity contribution >= 4 is 17.3 Å². The van der Waals surface area contributed by atoms with Crippen LogP contribution in [0.1, 0.15) is 18.2 Å². The standard InChI is InChI=1S/C23H24N4O2.H2/c1-24-19-13-14-27(16-19)20-10-8-18(9-11-20)26-23(28)17-7-12-22(25-15-17)29-21-5-3-2-4-6-21;/h2-12,15,19,24H,13-14,16H2,1H3,(H,26,28);1H. The van der Waals surface area contributed by atoms with E-state index in [1.165, 1.54) is 11.9 Å². The Morgan fingerprint density at radius 2 is 1.90 bits per heavy atom. The minimum atomic E-state index is -0.201. The van der Waals surface area contributed by atoms with E-state index >= 15 is 0 Å². The second-order valence-electron chi connectivity index (χ2n) is 7.02. The molecule has 1 unspecified atom stereocenters. The van der Waals surface area contributed by atoms with Crippen LogP contribution in [0.25, 0.3) is 0 Å². The third-order valence-corrected chi connectivity index (χ3v) is 5.05. The van der Waals surface area contributed by atoms with E-state index < -0.39 is 0 Å². The zero-order chi connectivity index (χ0) is 20.1. The second-order valence-corrected chi connectivity index (χ2v) is 7.02. The summed E-state index contributed by atoms with van der Waals surface area (Å²) < 4.78 is 5.66. The normalized spacial score (nSPS) is 15.9. The highest BCUT2D eigenvalue weighted by Gasteiger charge is 2.21. The van der Waals surface area contributed by atoms with Crippen LogP contribution in [0.4, 0.5) is 11.4 Å². The molecule has 6 nitrogen and oxygen atoms in total. The minimum Gasteiger partial charge on any atom is -0.439 e. The molecule has 0 saturated carbocycles. The van der Waals surface area contributed by atoms with Gasteiger partial charge in [-0.3, -0.25) is 4.79 Å². The van der Waals surface area contributed by atoms with Crippen LogP contribution in [-0.4, -0.2) is 37.1 Å². The first-order chi connectivity index (χ1) is 14.2. The summed E-state index contributed by atoms with van der Waals surface area (Å²) in [5.74, 6) is 0.951. The lowest BCUT2D eigenvalue weighted by Crippen LogP contribution is -2.29. The highest BCUT2D eigenvalue weighted by atomic mass is 16.5. The Hall–Kier alpha value is -3.38. The lowest BCUT2D eigenvalue weighted by Gasteiger charge is -2.19.